The van der Waals surface area contributed by atoms with E-state index in [0.29, 0.717) is 5.69 Å². The van der Waals surface area contributed by atoms with Crippen LogP contribution in [-0.4, -0.2) is 16.9 Å². The second-order valence-corrected chi connectivity index (χ2v) is 6.29. The normalized spacial score (nSPS) is 19.0. The van der Waals surface area contributed by atoms with Crippen LogP contribution in [0, 0.1) is 23.0 Å². The zero-order valence-electron chi connectivity index (χ0n) is 14.6. The number of carbonyl (C=O) groups excluding carboxylic acids is 2. The first-order valence-corrected chi connectivity index (χ1v) is 8.23. The maximum Gasteiger partial charge on any atom is 0.319 e. The van der Waals surface area contributed by atoms with Crippen LogP contribution in [0.1, 0.15) is 17.2 Å². The van der Waals surface area contributed by atoms with E-state index in [1.807, 2.05) is 31.2 Å². The monoisotopic (exact) mass is 366 g/mol. The lowest BCUT2D eigenvalue weighted by molar-refractivity contribution is -0.384. The van der Waals surface area contributed by atoms with Crippen LogP contribution in [0.15, 0.2) is 60.8 Å². The summed E-state index contributed by atoms with van der Waals surface area (Å²) in [7, 11) is 0. The van der Waals surface area contributed by atoms with Crippen molar-refractivity contribution in [2.45, 2.75) is 13.0 Å². The number of nitrogens with one attached hydrogen (secondary N) is 3. The molecule has 0 saturated carbocycles. The van der Waals surface area contributed by atoms with Crippen molar-refractivity contribution in [3.8, 4) is 0 Å². The lowest BCUT2D eigenvalue weighted by Gasteiger charge is -2.34. The zero-order valence-corrected chi connectivity index (χ0v) is 14.6. The van der Waals surface area contributed by atoms with Crippen LogP contribution in [-0.2, 0) is 4.79 Å². The Morgan fingerprint density at radius 1 is 1.22 bits per heavy atom. The van der Waals surface area contributed by atoms with Crippen LogP contribution in [0.2, 0.25) is 0 Å². The largest absolute Gasteiger partial charge is 0.330 e. The van der Waals surface area contributed by atoms with E-state index < -0.39 is 28.8 Å². The van der Waals surface area contributed by atoms with Gasteiger partial charge in [0.2, 0.25) is 5.91 Å². The molecule has 1 fully saturated rings. The molecule has 2 aromatic carbocycles. The number of nitrogens with zero attached hydrogens (tertiary/aromatic N) is 1. The van der Waals surface area contributed by atoms with E-state index in [1.54, 1.807) is 6.07 Å². The fraction of sp³-hybridized carbons (Fsp3) is 0.158. The predicted molar refractivity (Wildman–Crippen MR) is 99.9 cm³/mol. The van der Waals surface area contributed by atoms with E-state index >= 15 is 0 Å². The van der Waals surface area contributed by atoms with Crippen LogP contribution in [0.4, 0.5) is 16.2 Å². The SMILES string of the molecule is C=C1NC(=O)N[C@@H](c2cccc(C)c2)[C@H]1C(=O)Nc1cccc([N+](=O)[O-])c1. The molecule has 1 aliphatic heterocycles. The van der Waals surface area contributed by atoms with Gasteiger partial charge < -0.3 is 16.0 Å². The third-order valence-electron chi connectivity index (χ3n) is 4.28. The van der Waals surface area contributed by atoms with Gasteiger partial charge in [0.1, 0.15) is 5.92 Å². The van der Waals surface area contributed by atoms with Crippen LogP contribution in [0.25, 0.3) is 0 Å². The highest BCUT2D eigenvalue weighted by Gasteiger charge is 2.37. The topological polar surface area (TPSA) is 113 Å². The van der Waals surface area contributed by atoms with Gasteiger partial charge in [0.25, 0.3) is 5.69 Å². The summed E-state index contributed by atoms with van der Waals surface area (Å²) in [6, 6.07) is 12.1. The lowest BCUT2D eigenvalue weighted by atomic mass is 9.87. The third kappa shape index (κ3) is 3.95. The van der Waals surface area contributed by atoms with Crippen LogP contribution in [0.5, 0.6) is 0 Å². The summed E-state index contributed by atoms with van der Waals surface area (Å²) in [4.78, 5) is 35.2. The van der Waals surface area contributed by atoms with Crippen LogP contribution >= 0.6 is 0 Å². The molecule has 8 nitrogen and oxygen atoms in total. The molecule has 1 aliphatic rings. The van der Waals surface area contributed by atoms with E-state index in [-0.39, 0.29) is 11.4 Å². The first-order valence-electron chi connectivity index (χ1n) is 8.23. The lowest BCUT2D eigenvalue weighted by Crippen LogP contribution is -2.51. The molecular formula is C19H18N4O4. The number of aryl methyl sites for hydroxylation is 1. The van der Waals surface area contributed by atoms with E-state index in [2.05, 4.69) is 22.5 Å². The molecule has 3 amide bonds. The number of anilines is 1. The third-order valence-corrected chi connectivity index (χ3v) is 4.28. The highest BCUT2D eigenvalue weighted by molar-refractivity contribution is 5.97. The molecule has 1 saturated heterocycles. The minimum atomic E-state index is -0.788. The van der Waals surface area contributed by atoms with Gasteiger partial charge in [-0.15, -0.1) is 0 Å². The quantitative estimate of drug-likeness (QED) is 0.570. The van der Waals surface area contributed by atoms with Gasteiger partial charge in [0, 0.05) is 23.5 Å². The standard InChI is InChI=1S/C19H18N4O4/c1-11-5-3-6-13(9-11)17-16(12(2)20-19(25)22-17)18(24)21-14-7-4-8-15(10-14)23(26)27/h3-10,16-17H,2H2,1H3,(H,21,24)(H2,20,22,25)/t16-,17-/m0/s1. The number of carbonyl (C=O) groups is 2. The van der Waals surface area contributed by atoms with Gasteiger partial charge in [-0.2, -0.15) is 0 Å². The maximum atomic E-state index is 12.9. The molecule has 1 heterocycles. The molecule has 8 heteroatoms. The van der Waals surface area contributed by atoms with E-state index in [1.165, 1.54) is 18.2 Å². The van der Waals surface area contributed by atoms with Crippen molar-refractivity contribution in [2.75, 3.05) is 5.32 Å². The van der Waals surface area contributed by atoms with Crippen molar-refractivity contribution in [3.63, 3.8) is 0 Å². The Labute approximate surface area is 155 Å². The summed E-state index contributed by atoms with van der Waals surface area (Å²) in [5.74, 6) is -1.22. The summed E-state index contributed by atoms with van der Waals surface area (Å²) in [6.45, 7) is 5.73. The van der Waals surface area contributed by atoms with Crippen molar-refractivity contribution in [1.82, 2.24) is 10.6 Å². The fourth-order valence-electron chi connectivity index (χ4n) is 3.05. The average Bonchev–Trinajstić information content (AvgIpc) is 2.61. The van der Waals surface area contributed by atoms with Gasteiger partial charge in [-0.05, 0) is 18.6 Å². The maximum absolute atomic E-state index is 12.9. The minimum Gasteiger partial charge on any atom is -0.330 e. The van der Waals surface area contributed by atoms with Gasteiger partial charge in [-0.25, -0.2) is 4.79 Å². The van der Waals surface area contributed by atoms with E-state index in [0.717, 1.165) is 11.1 Å². The molecule has 0 aromatic heterocycles. The van der Waals surface area contributed by atoms with Crippen molar-refractivity contribution < 1.29 is 14.5 Å². The molecule has 0 aliphatic carbocycles. The van der Waals surface area contributed by atoms with Gasteiger partial charge >= 0.3 is 6.03 Å². The Balaban J connectivity index is 1.90. The van der Waals surface area contributed by atoms with Crippen LogP contribution in [0.3, 0.4) is 0 Å². The summed E-state index contributed by atoms with van der Waals surface area (Å²) in [5.41, 5.74) is 2.18. The Morgan fingerprint density at radius 2 is 1.96 bits per heavy atom. The zero-order chi connectivity index (χ0) is 19.6. The summed E-state index contributed by atoms with van der Waals surface area (Å²) < 4.78 is 0. The van der Waals surface area contributed by atoms with Crippen LogP contribution < -0.4 is 16.0 Å². The molecule has 3 rings (SSSR count). The number of urea groups is 1. The first-order chi connectivity index (χ1) is 12.8. The first kappa shape index (κ1) is 18.1. The van der Waals surface area contributed by atoms with Crippen molar-refractivity contribution >= 4 is 23.3 Å². The molecule has 0 unspecified atom stereocenters. The number of nitro groups is 1. The van der Waals surface area contributed by atoms with Gasteiger partial charge in [-0.1, -0.05) is 42.5 Å². The number of amides is 3. The number of hydrogen-bond donors (Lipinski definition) is 3. The van der Waals surface area contributed by atoms with E-state index in [4.69, 9.17) is 0 Å². The number of benzene rings is 2. The molecule has 0 spiro atoms. The Kier molecular flexibility index (Phi) is 4.89. The number of non-ortho nitro benzene ring substituents is 1. The number of nitro benzene ring substituents is 1. The van der Waals surface area contributed by atoms with Crippen molar-refractivity contribution in [2.24, 2.45) is 5.92 Å². The van der Waals surface area contributed by atoms with Gasteiger partial charge in [0.15, 0.2) is 0 Å². The smallest absolute Gasteiger partial charge is 0.319 e. The van der Waals surface area contributed by atoms with Gasteiger partial charge in [-0.3, -0.25) is 14.9 Å². The summed E-state index contributed by atoms with van der Waals surface area (Å²) in [6.07, 6.45) is 0. The Bertz CT molecular complexity index is 941. The molecule has 3 N–H and O–H groups in total. The highest BCUT2D eigenvalue weighted by Crippen LogP contribution is 2.31. The Hall–Kier alpha value is -3.68. The molecule has 138 valence electrons. The molecule has 0 radical (unpaired) electrons. The molecular weight excluding hydrogens is 348 g/mol. The molecule has 27 heavy (non-hydrogen) atoms. The highest BCUT2D eigenvalue weighted by atomic mass is 16.6. The van der Waals surface area contributed by atoms with E-state index in [9.17, 15) is 19.7 Å². The van der Waals surface area contributed by atoms with Crippen molar-refractivity contribution in [1.29, 1.82) is 0 Å². The van der Waals surface area contributed by atoms with Crippen molar-refractivity contribution in [3.05, 3.63) is 82.0 Å². The Morgan fingerprint density at radius 3 is 2.67 bits per heavy atom. The predicted octanol–water partition coefficient (Wildman–Crippen LogP) is 3.03. The fourth-order valence-corrected chi connectivity index (χ4v) is 3.05. The number of rotatable bonds is 4. The molecule has 2 aromatic rings. The molecule has 0 bridgehead atoms. The minimum absolute atomic E-state index is 0.128. The second-order valence-electron chi connectivity index (χ2n) is 6.29. The average molecular weight is 366 g/mol. The second kappa shape index (κ2) is 7.28. The van der Waals surface area contributed by atoms with Gasteiger partial charge in [0.05, 0.1) is 11.0 Å². The summed E-state index contributed by atoms with van der Waals surface area (Å²) in [5, 5.41) is 18.9. The summed E-state index contributed by atoms with van der Waals surface area (Å²) >= 11 is 0. The number of hydrogen-bond acceptors (Lipinski definition) is 4. The molecule has 2 atom stereocenters.